The molecule has 0 aliphatic heterocycles. The lowest BCUT2D eigenvalue weighted by Crippen LogP contribution is -2.38. The van der Waals surface area contributed by atoms with Crippen LogP contribution in [0.25, 0.3) is 0 Å². The average Bonchev–Trinajstić information content (AvgIpc) is 2.33. The summed E-state index contributed by atoms with van der Waals surface area (Å²) in [6.07, 6.45) is 0. The molecule has 100 valence electrons. The summed E-state index contributed by atoms with van der Waals surface area (Å²) in [5.74, 6) is -0.338. The molecule has 0 aliphatic carbocycles. The van der Waals surface area contributed by atoms with E-state index in [2.05, 4.69) is 5.16 Å². The minimum Gasteiger partial charge on any atom is -0.409 e. The van der Waals surface area contributed by atoms with Gasteiger partial charge in [-0.15, -0.1) is 0 Å². The van der Waals surface area contributed by atoms with Crippen LogP contribution >= 0.6 is 11.6 Å². The highest BCUT2D eigenvalue weighted by atomic mass is 35.5. The normalized spacial score (nSPS) is 12.4. The van der Waals surface area contributed by atoms with Gasteiger partial charge in [-0.1, -0.05) is 28.9 Å². The Hall–Kier alpha value is -1.33. The first-order chi connectivity index (χ1) is 8.45. The predicted molar refractivity (Wildman–Crippen MR) is 70.4 cm³/mol. The van der Waals surface area contributed by atoms with Gasteiger partial charge >= 0.3 is 0 Å². The van der Waals surface area contributed by atoms with Crippen molar-refractivity contribution in [3.05, 3.63) is 34.6 Å². The maximum absolute atomic E-state index is 13.8. The number of hydrogen-bond donors (Lipinski definition) is 2. The number of oxime groups is 1. The van der Waals surface area contributed by atoms with Crippen molar-refractivity contribution in [1.82, 2.24) is 4.90 Å². The van der Waals surface area contributed by atoms with Crippen molar-refractivity contribution in [2.75, 3.05) is 6.54 Å². The summed E-state index contributed by atoms with van der Waals surface area (Å²) >= 11 is 5.73. The zero-order valence-corrected chi connectivity index (χ0v) is 11.2. The van der Waals surface area contributed by atoms with Gasteiger partial charge in [0.1, 0.15) is 5.82 Å². The minimum absolute atomic E-state index is 0.0890. The molecular formula is C12H17ClFN3O. The smallest absolute Gasteiger partial charge is 0.153 e. The molecule has 4 nitrogen and oxygen atoms in total. The molecule has 0 fully saturated rings. The molecule has 0 amide bonds. The van der Waals surface area contributed by atoms with Crippen LogP contribution in [0.4, 0.5) is 4.39 Å². The molecular weight excluding hydrogens is 257 g/mol. The molecule has 0 aromatic heterocycles. The molecule has 0 radical (unpaired) electrons. The van der Waals surface area contributed by atoms with Gasteiger partial charge in [-0.3, -0.25) is 4.90 Å². The van der Waals surface area contributed by atoms with Crippen LogP contribution in [0.15, 0.2) is 23.4 Å². The van der Waals surface area contributed by atoms with Crippen molar-refractivity contribution in [2.24, 2.45) is 10.9 Å². The Bertz CT molecular complexity index is 437. The highest BCUT2D eigenvalue weighted by Crippen LogP contribution is 2.19. The Balaban J connectivity index is 2.87. The number of nitrogens with two attached hydrogens (primary N) is 1. The van der Waals surface area contributed by atoms with Crippen molar-refractivity contribution in [3.8, 4) is 0 Å². The zero-order chi connectivity index (χ0) is 13.7. The maximum atomic E-state index is 13.8. The second kappa shape index (κ2) is 6.56. The SMILES string of the molecule is CC(C)N(C/C(N)=N/O)Cc1cccc(Cl)c1F. The lowest BCUT2D eigenvalue weighted by molar-refractivity contribution is 0.235. The number of benzene rings is 1. The molecule has 6 heteroatoms. The van der Waals surface area contributed by atoms with E-state index < -0.39 is 5.82 Å². The zero-order valence-electron chi connectivity index (χ0n) is 10.4. The Morgan fingerprint density at radius 3 is 2.78 bits per heavy atom. The third-order valence-corrected chi connectivity index (χ3v) is 2.92. The number of rotatable bonds is 5. The fourth-order valence-corrected chi connectivity index (χ4v) is 1.74. The molecule has 0 aliphatic rings. The first-order valence-electron chi connectivity index (χ1n) is 5.59. The van der Waals surface area contributed by atoms with E-state index >= 15 is 0 Å². The van der Waals surface area contributed by atoms with Crippen molar-refractivity contribution >= 4 is 17.4 Å². The van der Waals surface area contributed by atoms with E-state index in [0.29, 0.717) is 12.1 Å². The lowest BCUT2D eigenvalue weighted by atomic mass is 10.1. The van der Waals surface area contributed by atoms with Crippen molar-refractivity contribution < 1.29 is 9.60 Å². The molecule has 0 spiro atoms. The second-order valence-corrected chi connectivity index (χ2v) is 4.71. The highest BCUT2D eigenvalue weighted by Gasteiger charge is 2.15. The molecule has 0 bridgehead atoms. The number of halogens is 2. The standard InChI is InChI=1S/C12H17ClFN3O/c1-8(2)17(7-11(15)16-18)6-9-4-3-5-10(13)12(9)14/h3-5,8,18H,6-7H2,1-2H3,(H2,15,16). The maximum Gasteiger partial charge on any atom is 0.153 e. The van der Waals surface area contributed by atoms with E-state index in [-0.39, 0.29) is 23.4 Å². The number of hydrogen-bond acceptors (Lipinski definition) is 3. The molecule has 1 rings (SSSR count). The molecule has 0 heterocycles. The van der Waals surface area contributed by atoms with Gasteiger partial charge in [-0.05, 0) is 19.9 Å². The van der Waals surface area contributed by atoms with Crippen LogP contribution in [0.5, 0.6) is 0 Å². The summed E-state index contributed by atoms with van der Waals surface area (Å²) in [6.45, 7) is 4.51. The van der Waals surface area contributed by atoms with Gasteiger partial charge in [0.25, 0.3) is 0 Å². The van der Waals surface area contributed by atoms with E-state index in [1.165, 1.54) is 6.07 Å². The molecule has 0 atom stereocenters. The largest absolute Gasteiger partial charge is 0.409 e. The van der Waals surface area contributed by atoms with E-state index in [4.69, 9.17) is 22.5 Å². The number of nitrogens with zero attached hydrogens (tertiary/aromatic N) is 2. The quantitative estimate of drug-likeness (QED) is 0.375. The molecule has 3 N–H and O–H groups in total. The molecule has 1 aromatic rings. The minimum atomic E-state index is -0.427. The Labute approximate surface area is 111 Å². The van der Waals surface area contributed by atoms with Crippen LogP contribution in [0.1, 0.15) is 19.4 Å². The Morgan fingerprint density at radius 2 is 2.22 bits per heavy atom. The van der Waals surface area contributed by atoms with Crippen LogP contribution in [-0.2, 0) is 6.54 Å². The van der Waals surface area contributed by atoms with Gasteiger partial charge in [0.2, 0.25) is 0 Å². The fourth-order valence-electron chi connectivity index (χ4n) is 1.55. The summed E-state index contributed by atoms with van der Waals surface area (Å²) in [7, 11) is 0. The van der Waals surface area contributed by atoms with Gasteiger partial charge < -0.3 is 10.9 Å². The van der Waals surface area contributed by atoms with Crippen LogP contribution in [0.2, 0.25) is 5.02 Å². The van der Waals surface area contributed by atoms with Crippen molar-refractivity contribution in [3.63, 3.8) is 0 Å². The van der Waals surface area contributed by atoms with Gasteiger partial charge in [0, 0.05) is 18.2 Å². The van der Waals surface area contributed by atoms with Crippen molar-refractivity contribution in [2.45, 2.75) is 26.4 Å². The third-order valence-electron chi connectivity index (χ3n) is 2.63. The molecule has 1 aromatic carbocycles. The molecule has 0 saturated carbocycles. The van der Waals surface area contributed by atoms with Crippen LogP contribution in [0.3, 0.4) is 0 Å². The van der Waals surface area contributed by atoms with Crippen LogP contribution in [-0.4, -0.2) is 28.5 Å². The Morgan fingerprint density at radius 1 is 1.56 bits per heavy atom. The van der Waals surface area contributed by atoms with E-state index in [0.717, 1.165) is 0 Å². The highest BCUT2D eigenvalue weighted by molar-refractivity contribution is 6.30. The summed E-state index contributed by atoms with van der Waals surface area (Å²) < 4.78 is 13.8. The Kier molecular flexibility index (Phi) is 5.37. The van der Waals surface area contributed by atoms with Crippen LogP contribution < -0.4 is 5.73 Å². The molecule has 18 heavy (non-hydrogen) atoms. The molecule has 0 unspecified atom stereocenters. The van der Waals surface area contributed by atoms with Gasteiger partial charge in [0.05, 0.1) is 11.6 Å². The molecule has 0 saturated heterocycles. The summed E-state index contributed by atoms with van der Waals surface area (Å²) in [5, 5.41) is 11.6. The predicted octanol–water partition coefficient (Wildman–Crippen LogP) is 2.44. The van der Waals surface area contributed by atoms with E-state index in [1.54, 1.807) is 12.1 Å². The first kappa shape index (κ1) is 14.7. The van der Waals surface area contributed by atoms with Gasteiger partial charge in [0.15, 0.2) is 5.84 Å². The monoisotopic (exact) mass is 273 g/mol. The first-order valence-corrected chi connectivity index (χ1v) is 5.96. The lowest BCUT2D eigenvalue weighted by Gasteiger charge is -2.26. The third kappa shape index (κ3) is 3.85. The fraction of sp³-hybridized carbons (Fsp3) is 0.417. The number of amidine groups is 1. The van der Waals surface area contributed by atoms with Gasteiger partial charge in [-0.2, -0.15) is 0 Å². The second-order valence-electron chi connectivity index (χ2n) is 4.30. The summed E-state index contributed by atoms with van der Waals surface area (Å²) in [6, 6.07) is 5.00. The topological polar surface area (TPSA) is 61.8 Å². The summed E-state index contributed by atoms with van der Waals surface area (Å²) in [5.41, 5.74) is 5.96. The van der Waals surface area contributed by atoms with Crippen molar-refractivity contribution in [1.29, 1.82) is 0 Å². The van der Waals surface area contributed by atoms with E-state index in [1.807, 2.05) is 18.7 Å². The van der Waals surface area contributed by atoms with Gasteiger partial charge in [-0.25, -0.2) is 4.39 Å². The van der Waals surface area contributed by atoms with E-state index in [9.17, 15) is 4.39 Å². The van der Waals surface area contributed by atoms with Crippen LogP contribution in [0, 0.1) is 5.82 Å². The average molecular weight is 274 g/mol. The summed E-state index contributed by atoms with van der Waals surface area (Å²) in [4.78, 5) is 1.88.